The Bertz CT molecular complexity index is 2940. The highest BCUT2D eigenvalue weighted by atomic mass is 19.3. The summed E-state index contributed by atoms with van der Waals surface area (Å²) in [6, 6.07) is 21.6. The summed E-state index contributed by atoms with van der Waals surface area (Å²) in [6.45, 7) is 18.1. The van der Waals surface area contributed by atoms with Crippen molar-refractivity contribution in [3.05, 3.63) is 113 Å². The molecule has 2 atom stereocenters. The minimum atomic E-state index is -3.00. The number of aliphatic hydroxyl groups excluding tert-OH is 1. The summed E-state index contributed by atoms with van der Waals surface area (Å²) < 4.78 is 122. The molecular weight excluding hydrogens is 1200 g/mol. The van der Waals surface area contributed by atoms with E-state index < -0.39 is 41.4 Å². The lowest BCUT2D eigenvalue weighted by Gasteiger charge is -2.38. The molecule has 514 valence electrons. The van der Waals surface area contributed by atoms with Crippen molar-refractivity contribution in [1.82, 2.24) is 9.80 Å². The first kappa shape index (κ1) is 74.0. The third-order valence-electron chi connectivity index (χ3n) is 19.3. The van der Waals surface area contributed by atoms with Crippen LogP contribution in [0.15, 0.2) is 79.1 Å². The highest BCUT2D eigenvalue weighted by molar-refractivity contribution is 5.71. The molecule has 19 heteroatoms. The molecule has 2 saturated heterocycles. The maximum Gasteiger partial charge on any atom is 0.387 e. The summed E-state index contributed by atoms with van der Waals surface area (Å²) in [4.78, 5) is 18.5. The van der Waals surface area contributed by atoms with E-state index in [-0.39, 0.29) is 59.2 Å². The standard InChI is InChI=1S/C37H50F4O3.C21H26F2N2O5.C16H26N2O/c1-4-6-8-9-10-24-43-31-20-19-30(34(38)35(31)39)29-17-15-28(16-18-29)27-13-11-26(12-14-27)25(3)44-33-22-21-32(36(40)37(33)41)42-23-7-5-2;1-28-19(27)12-25-8-6-21(13-24,7-9-25)14-2-5-17(30-20(22)23)18(10-14)29-16-4-3-15(26)11-16;1-3-5-10-17-11-13-18(14-12-17)15-6-8-16(9-7-15)19-4-2/h19-22,26-29H,3-18,23-24H2,1-2H3;2,5,10,15-16,20,26H,3-4,6-9,11-12H2,1H3;6-9H,3-5,10-14H2,1-2H3/t;15-,16-;/m.1./s1. The molecule has 0 spiro atoms. The third-order valence-corrected chi connectivity index (χ3v) is 19.3. The van der Waals surface area contributed by atoms with Gasteiger partial charge in [-0.1, -0.05) is 78.0 Å². The van der Waals surface area contributed by atoms with Gasteiger partial charge in [0.15, 0.2) is 34.6 Å². The van der Waals surface area contributed by atoms with E-state index in [4.69, 9.17) is 28.4 Å². The molecular formula is C74H102F6N4O9. The minimum absolute atomic E-state index is 0.0130. The Labute approximate surface area is 549 Å². The maximum atomic E-state index is 15.1. The van der Waals surface area contributed by atoms with E-state index in [1.807, 2.05) is 18.7 Å². The van der Waals surface area contributed by atoms with E-state index in [1.165, 1.54) is 69.9 Å². The van der Waals surface area contributed by atoms with Crippen LogP contribution < -0.4 is 33.3 Å². The third kappa shape index (κ3) is 22.1. The number of piperidine rings is 1. The fourth-order valence-electron chi connectivity index (χ4n) is 13.6. The molecule has 5 fully saturated rings. The Balaban J connectivity index is 0.000000215. The van der Waals surface area contributed by atoms with Gasteiger partial charge in [0.1, 0.15) is 17.6 Å². The highest BCUT2D eigenvalue weighted by Crippen LogP contribution is 2.47. The van der Waals surface area contributed by atoms with E-state index in [0.717, 1.165) is 115 Å². The predicted octanol–water partition coefficient (Wildman–Crippen LogP) is 17.1. The second-order valence-corrected chi connectivity index (χ2v) is 25.6. The summed E-state index contributed by atoms with van der Waals surface area (Å²) in [5, 5.41) is 19.7. The van der Waals surface area contributed by atoms with Crippen molar-refractivity contribution in [3.8, 4) is 40.6 Å². The number of rotatable bonds is 29. The maximum absolute atomic E-state index is 15.1. The van der Waals surface area contributed by atoms with E-state index in [1.54, 1.807) is 24.3 Å². The number of carbonyl (C=O) groups excluding carboxylic acids is 1. The number of methoxy groups -OCH3 is 1. The molecule has 4 aromatic carbocycles. The summed E-state index contributed by atoms with van der Waals surface area (Å²) in [5.74, 6) is -1.60. The van der Waals surface area contributed by atoms with E-state index >= 15 is 4.39 Å². The number of unbranched alkanes of at least 4 members (excludes halogenated alkanes) is 6. The number of alkyl halides is 2. The number of carbonyl (C=O) groups is 1. The summed E-state index contributed by atoms with van der Waals surface area (Å²) in [7, 11) is 1.33. The number of aliphatic hydroxyl groups is 1. The predicted molar refractivity (Wildman–Crippen MR) is 351 cm³/mol. The monoisotopic (exact) mass is 1300 g/mol. The van der Waals surface area contributed by atoms with Gasteiger partial charge in [0.05, 0.1) is 51.1 Å². The molecule has 3 saturated carbocycles. The van der Waals surface area contributed by atoms with Gasteiger partial charge in [0.2, 0.25) is 17.5 Å². The Morgan fingerprint density at radius 2 is 1.24 bits per heavy atom. The Hall–Kier alpha value is -6.36. The van der Waals surface area contributed by atoms with Crippen molar-refractivity contribution in [1.29, 1.82) is 5.26 Å². The molecule has 1 N–H and O–H groups in total. The average Bonchev–Trinajstić information content (AvgIpc) is 1.52. The first-order valence-corrected chi connectivity index (χ1v) is 34.4. The van der Waals surface area contributed by atoms with Crippen LogP contribution in [0.5, 0.6) is 34.5 Å². The lowest BCUT2D eigenvalue weighted by molar-refractivity contribution is -0.142. The first-order valence-electron chi connectivity index (χ1n) is 34.4. The van der Waals surface area contributed by atoms with E-state index in [2.05, 4.69) is 65.3 Å². The number of ether oxygens (including phenoxy) is 7. The largest absolute Gasteiger partial charge is 0.494 e. The Morgan fingerprint density at radius 1 is 0.645 bits per heavy atom. The van der Waals surface area contributed by atoms with Crippen molar-refractivity contribution in [2.75, 3.05) is 84.2 Å². The number of hydrogen-bond donors (Lipinski definition) is 1. The molecule has 2 aliphatic heterocycles. The molecule has 0 amide bonds. The van der Waals surface area contributed by atoms with Gasteiger partial charge in [0.25, 0.3) is 0 Å². The number of piperazine rings is 1. The molecule has 9 rings (SSSR count). The van der Waals surface area contributed by atoms with Crippen LogP contribution in [0.2, 0.25) is 0 Å². The number of anilines is 1. The van der Waals surface area contributed by atoms with Crippen LogP contribution >= 0.6 is 0 Å². The summed E-state index contributed by atoms with van der Waals surface area (Å²) in [5.41, 5.74) is 1.64. The van der Waals surface area contributed by atoms with Crippen molar-refractivity contribution in [2.45, 2.75) is 199 Å². The number of halogens is 6. The van der Waals surface area contributed by atoms with Gasteiger partial charge in [-0.15, -0.1) is 0 Å². The van der Waals surface area contributed by atoms with Crippen molar-refractivity contribution < 1.29 is 69.4 Å². The molecule has 0 bridgehead atoms. The van der Waals surface area contributed by atoms with Gasteiger partial charge in [0, 0.05) is 57.3 Å². The normalized spacial score (nSPS) is 21.5. The second-order valence-electron chi connectivity index (χ2n) is 25.6. The fourth-order valence-corrected chi connectivity index (χ4v) is 13.6. The molecule has 0 unspecified atom stereocenters. The number of hydrogen-bond acceptors (Lipinski definition) is 13. The zero-order chi connectivity index (χ0) is 66.7. The van der Waals surface area contributed by atoms with Crippen LogP contribution in [-0.4, -0.2) is 119 Å². The average molecular weight is 1310 g/mol. The van der Waals surface area contributed by atoms with Crippen LogP contribution in [0, 0.1) is 52.4 Å². The van der Waals surface area contributed by atoms with Crippen LogP contribution in [0.4, 0.5) is 32.0 Å². The number of esters is 1. The lowest BCUT2D eigenvalue weighted by atomic mass is 9.68. The van der Waals surface area contributed by atoms with Gasteiger partial charge in [-0.05, 0) is 193 Å². The molecule has 3 aliphatic carbocycles. The smallest absolute Gasteiger partial charge is 0.387 e. The molecule has 93 heavy (non-hydrogen) atoms. The van der Waals surface area contributed by atoms with Crippen molar-refractivity contribution in [2.24, 2.45) is 17.8 Å². The van der Waals surface area contributed by atoms with Crippen LogP contribution in [-0.2, 0) is 14.9 Å². The van der Waals surface area contributed by atoms with Crippen LogP contribution in [0.25, 0.3) is 0 Å². The Morgan fingerprint density at radius 3 is 1.84 bits per heavy atom. The zero-order valence-corrected chi connectivity index (χ0v) is 55.7. The topological polar surface area (TPSA) is 135 Å². The number of nitriles is 1. The minimum Gasteiger partial charge on any atom is -0.494 e. The van der Waals surface area contributed by atoms with E-state index in [9.17, 15) is 37.1 Å². The van der Waals surface area contributed by atoms with Crippen LogP contribution in [0.3, 0.4) is 0 Å². The second kappa shape index (κ2) is 38.3. The molecule has 13 nitrogen and oxygen atoms in total. The molecule has 2 heterocycles. The summed E-state index contributed by atoms with van der Waals surface area (Å²) in [6.07, 6.45) is 18.9. The van der Waals surface area contributed by atoms with Crippen molar-refractivity contribution >= 4 is 11.7 Å². The van der Waals surface area contributed by atoms with Gasteiger partial charge >= 0.3 is 12.6 Å². The fraction of sp³-hybridized carbons (Fsp3) is 0.622. The number of benzene rings is 4. The number of likely N-dealkylation sites (tertiary alicyclic amines) is 1. The zero-order valence-electron chi connectivity index (χ0n) is 55.7. The molecule has 5 aliphatic rings. The highest BCUT2D eigenvalue weighted by Gasteiger charge is 2.39. The van der Waals surface area contributed by atoms with Gasteiger partial charge in [-0.3, -0.25) is 14.6 Å². The number of nitrogens with zero attached hydrogens (tertiary/aromatic N) is 4. The molecule has 0 aromatic heterocycles. The van der Waals surface area contributed by atoms with Gasteiger partial charge < -0.3 is 43.2 Å². The quantitative estimate of drug-likeness (QED) is 0.0239. The first-order chi connectivity index (χ1) is 45.0. The van der Waals surface area contributed by atoms with Crippen LogP contribution in [0.1, 0.15) is 186 Å². The SMILES string of the molecule is C=C(Oc1ccc(OCCCC)c(F)c1F)C1CCC(C2CCC(c3ccc(OCCCCCCC)c(F)c3F)CC2)CC1.CCCCN1CCN(c2ccc(OCC)cc2)CC1.COC(=O)CN1CCC(C#N)(c2ccc(OC(F)F)c(O[C@@H]3CC[C@@H](O)C3)c2)CC1. The number of allylic oxidation sites excluding steroid dienone is 1. The Kier molecular flexibility index (Phi) is 30.5. The molecule has 0 radical (unpaired) electrons. The van der Waals surface area contributed by atoms with E-state index in [0.29, 0.717) is 87.1 Å². The lowest BCUT2D eigenvalue weighted by Crippen LogP contribution is -2.46. The van der Waals surface area contributed by atoms with Gasteiger partial charge in [-0.25, -0.2) is 4.39 Å². The van der Waals surface area contributed by atoms with Gasteiger partial charge in [-0.2, -0.15) is 27.2 Å². The molecule has 4 aromatic rings. The summed E-state index contributed by atoms with van der Waals surface area (Å²) >= 11 is 0. The van der Waals surface area contributed by atoms with Crippen molar-refractivity contribution in [3.63, 3.8) is 0 Å².